The van der Waals surface area contributed by atoms with Crippen LogP contribution in [0.2, 0.25) is 0 Å². The molecule has 0 radical (unpaired) electrons. The Labute approximate surface area is 189 Å². The second kappa shape index (κ2) is 11.2. The highest BCUT2D eigenvalue weighted by atomic mass is 32.2. The van der Waals surface area contributed by atoms with Crippen LogP contribution in [-0.2, 0) is 13.0 Å². The Hall–Kier alpha value is -3.46. The van der Waals surface area contributed by atoms with Crippen LogP contribution in [0.1, 0.15) is 26.5 Å². The summed E-state index contributed by atoms with van der Waals surface area (Å²) in [5.74, 6) is 0.429. The average Bonchev–Trinajstić information content (AvgIpc) is 3.19. The van der Waals surface area contributed by atoms with Gasteiger partial charge in [0.15, 0.2) is 10.9 Å². The molecule has 0 spiro atoms. The van der Waals surface area contributed by atoms with E-state index in [2.05, 4.69) is 22.1 Å². The van der Waals surface area contributed by atoms with Gasteiger partial charge in [0.2, 0.25) is 0 Å². The highest BCUT2D eigenvalue weighted by Gasteiger charge is 2.15. The third kappa shape index (κ3) is 5.82. The molecule has 0 aliphatic carbocycles. The topological polar surface area (TPSA) is 86.1 Å². The lowest BCUT2D eigenvalue weighted by Gasteiger charge is -2.09. The minimum Gasteiger partial charge on any atom is -0.497 e. The van der Waals surface area contributed by atoms with Gasteiger partial charge in [-0.2, -0.15) is 0 Å². The normalized spacial score (nSPS) is 10.6. The summed E-state index contributed by atoms with van der Waals surface area (Å²) in [7, 11) is 1.57. The van der Waals surface area contributed by atoms with Crippen molar-refractivity contribution < 1.29 is 18.7 Å². The first kappa shape index (κ1) is 23.2. The van der Waals surface area contributed by atoms with Crippen LogP contribution in [0.5, 0.6) is 5.75 Å². The number of methoxy groups -OCH3 is 1. The first-order chi connectivity index (χ1) is 15.5. The van der Waals surface area contributed by atoms with E-state index in [4.69, 9.17) is 4.74 Å². The summed E-state index contributed by atoms with van der Waals surface area (Å²) < 4.78 is 20.7. The van der Waals surface area contributed by atoms with Crippen molar-refractivity contribution in [1.29, 1.82) is 0 Å². The van der Waals surface area contributed by atoms with Crippen molar-refractivity contribution in [3.05, 3.63) is 84.0 Å². The summed E-state index contributed by atoms with van der Waals surface area (Å²) in [6.45, 7) is 4.48. The molecular weight excluding hydrogens is 431 g/mol. The summed E-state index contributed by atoms with van der Waals surface area (Å²) in [6.07, 6.45) is 2.11. The lowest BCUT2D eigenvalue weighted by molar-refractivity contribution is 0.0949. The Bertz CT molecular complexity index is 1100. The summed E-state index contributed by atoms with van der Waals surface area (Å²) in [4.78, 5) is 24.6. The van der Waals surface area contributed by atoms with Gasteiger partial charge in [0.25, 0.3) is 5.91 Å². The number of halogens is 1. The first-order valence-corrected chi connectivity index (χ1v) is 10.9. The van der Waals surface area contributed by atoms with Crippen LogP contribution in [0.15, 0.2) is 66.3 Å². The number of hydrogen-bond acceptors (Lipinski definition) is 6. The van der Waals surface area contributed by atoms with Crippen molar-refractivity contribution in [3.8, 4) is 5.75 Å². The number of rotatable bonds is 11. The molecule has 9 heteroatoms. The fourth-order valence-corrected chi connectivity index (χ4v) is 3.80. The fourth-order valence-electron chi connectivity index (χ4n) is 2.94. The van der Waals surface area contributed by atoms with Gasteiger partial charge >= 0.3 is 0 Å². The Morgan fingerprint density at radius 1 is 1.19 bits per heavy atom. The molecule has 0 aliphatic rings. The number of hydrogen-bond donors (Lipinski definition) is 1. The van der Waals surface area contributed by atoms with Crippen LogP contribution in [0.3, 0.4) is 0 Å². The molecule has 7 nitrogen and oxygen atoms in total. The van der Waals surface area contributed by atoms with Crippen molar-refractivity contribution in [1.82, 2.24) is 20.1 Å². The molecule has 3 aromatic rings. The van der Waals surface area contributed by atoms with E-state index >= 15 is 0 Å². The number of Topliss-reactive ketones (excluding diaryl/α,β-unsaturated/α-hetero) is 1. The maximum absolute atomic E-state index is 13.7. The third-order valence-corrected chi connectivity index (χ3v) is 5.57. The molecule has 32 heavy (non-hydrogen) atoms. The highest BCUT2D eigenvalue weighted by Crippen LogP contribution is 2.20. The zero-order chi connectivity index (χ0) is 22.9. The van der Waals surface area contributed by atoms with Crippen LogP contribution in [0.25, 0.3) is 0 Å². The van der Waals surface area contributed by atoms with Crippen molar-refractivity contribution in [3.63, 3.8) is 0 Å². The number of aromatic nitrogens is 3. The van der Waals surface area contributed by atoms with Crippen molar-refractivity contribution in [2.45, 2.75) is 18.1 Å². The number of thioether (sulfide) groups is 1. The SMILES string of the molecule is C=CCn1c(CCNC(=O)c2ccccc2F)nnc1SCC(=O)c1ccc(OC)cc1. The number of ether oxygens (including phenoxy) is 1. The van der Waals surface area contributed by atoms with E-state index < -0.39 is 11.7 Å². The van der Waals surface area contributed by atoms with Gasteiger partial charge in [0.05, 0.1) is 18.4 Å². The van der Waals surface area contributed by atoms with Crippen LogP contribution in [0.4, 0.5) is 4.39 Å². The Morgan fingerprint density at radius 2 is 1.94 bits per heavy atom. The quantitative estimate of drug-likeness (QED) is 0.271. The molecule has 1 N–H and O–H groups in total. The van der Waals surface area contributed by atoms with Crippen LogP contribution >= 0.6 is 11.8 Å². The van der Waals surface area contributed by atoms with Gasteiger partial charge in [-0.15, -0.1) is 16.8 Å². The number of nitrogens with zero attached hydrogens (tertiary/aromatic N) is 3. The van der Waals surface area contributed by atoms with Gasteiger partial charge in [-0.25, -0.2) is 4.39 Å². The van der Waals surface area contributed by atoms with Crippen LogP contribution < -0.4 is 10.1 Å². The zero-order valence-corrected chi connectivity index (χ0v) is 18.4. The molecule has 0 unspecified atom stereocenters. The smallest absolute Gasteiger partial charge is 0.254 e. The second-order valence-electron chi connectivity index (χ2n) is 6.72. The number of carbonyl (C=O) groups excluding carboxylic acids is 2. The number of allylic oxidation sites excluding steroid dienone is 1. The molecule has 3 rings (SSSR count). The molecule has 1 heterocycles. The molecule has 1 amide bonds. The van der Waals surface area contributed by atoms with Gasteiger partial charge in [0, 0.05) is 25.1 Å². The van der Waals surface area contributed by atoms with Crippen molar-refractivity contribution in [2.75, 3.05) is 19.4 Å². The zero-order valence-electron chi connectivity index (χ0n) is 17.6. The number of nitrogens with one attached hydrogen (secondary N) is 1. The van der Waals surface area contributed by atoms with Gasteiger partial charge in [0.1, 0.15) is 17.4 Å². The third-order valence-electron chi connectivity index (χ3n) is 4.60. The number of amides is 1. The van der Waals surface area contributed by atoms with E-state index in [9.17, 15) is 14.0 Å². The lowest BCUT2D eigenvalue weighted by atomic mass is 10.1. The summed E-state index contributed by atoms with van der Waals surface area (Å²) in [6, 6.07) is 12.7. The molecule has 0 atom stereocenters. The number of benzene rings is 2. The maximum Gasteiger partial charge on any atom is 0.254 e. The minimum atomic E-state index is -0.569. The van der Waals surface area contributed by atoms with Crippen LogP contribution in [0, 0.1) is 5.82 Å². The molecule has 2 aromatic carbocycles. The van der Waals surface area contributed by atoms with Gasteiger partial charge in [-0.3, -0.25) is 9.59 Å². The summed E-state index contributed by atoms with van der Waals surface area (Å²) in [5, 5.41) is 11.6. The Morgan fingerprint density at radius 3 is 2.62 bits per heavy atom. The monoisotopic (exact) mass is 454 g/mol. The first-order valence-electron chi connectivity index (χ1n) is 9.89. The molecule has 166 valence electrons. The maximum atomic E-state index is 13.7. The van der Waals surface area contributed by atoms with Gasteiger partial charge in [-0.1, -0.05) is 30.0 Å². The number of carbonyl (C=O) groups is 2. The largest absolute Gasteiger partial charge is 0.497 e. The average molecular weight is 455 g/mol. The molecule has 0 fully saturated rings. The fraction of sp³-hybridized carbons (Fsp3) is 0.217. The standard InChI is InChI=1S/C23H23FN4O3S/c1-3-14-28-21(12-13-25-22(30)18-6-4-5-7-19(18)24)26-27-23(28)32-15-20(29)16-8-10-17(31-2)11-9-16/h3-11H,1,12-15H2,2H3,(H,25,30). The molecule has 0 saturated carbocycles. The van der Waals surface area contributed by atoms with Crippen molar-refractivity contribution >= 4 is 23.5 Å². The van der Waals surface area contributed by atoms with E-state index in [1.807, 2.05) is 4.57 Å². The molecular formula is C23H23FN4O3S. The highest BCUT2D eigenvalue weighted by molar-refractivity contribution is 7.99. The predicted molar refractivity (Wildman–Crippen MR) is 121 cm³/mol. The van der Waals surface area contributed by atoms with E-state index in [0.717, 1.165) is 0 Å². The van der Waals surface area contributed by atoms with Gasteiger partial charge < -0.3 is 14.6 Å². The second-order valence-corrected chi connectivity index (χ2v) is 7.67. The number of ketones is 1. The Kier molecular flexibility index (Phi) is 8.15. The van der Waals surface area contributed by atoms with Crippen LogP contribution in [-0.4, -0.2) is 45.9 Å². The van der Waals surface area contributed by atoms with E-state index in [-0.39, 0.29) is 23.6 Å². The molecule has 0 bridgehead atoms. The summed E-state index contributed by atoms with van der Waals surface area (Å²) >= 11 is 1.28. The molecule has 0 aliphatic heterocycles. The van der Waals surface area contributed by atoms with Crippen molar-refractivity contribution in [2.24, 2.45) is 0 Å². The molecule has 0 saturated heterocycles. The minimum absolute atomic E-state index is 0.00616. The summed E-state index contributed by atoms with van der Waals surface area (Å²) in [5.41, 5.74) is 0.581. The van der Waals surface area contributed by atoms with E-state index in [1.54, 1.807) is 43.5 Å². The van der Waals surface area contributed by atoms with E-state index in [0.29, 0.717) is 35.3 Å². The van der Waals surface area contributed by atoms with E-state index in [1.165, 1.54) is 30.0 Å². The predicted octanol–water partition coefficient (Wildman–Crippen LogP) is 3.56. The Balaban J connectivity index is 1.59. The van der Waals surface area contributed by atoms with Gasteiger partial charge in [-0.05, 0) is 36.4 Å². The lowest BCUT2D eigenvalue weighted by Crippen LogP contribution is -2.27. The molecule has 1 aromatic heterocycles.